The molecule has 7 heavy (non-hydrogen) atoms. The van der Waals surface area contributed by atoms with E-state index in [4.69, 9.17) is 0 Å². The van der Waals surface area contributed by atoms with Crippen LogP contribution in [0.1, 0.15) is 20.8 Å². The van der Waals surface area contributed by atoms with Gasteiger partial charge in [0.1, 0.15) is 0 Å². The maximum absolute atomic E-state index is 3.25. The van der Waals surface area contributed by atoms with Crippen molar-refractivity contribution >= 4 is 0 Å². The van der Waals surface area contributed by atoms with Gasteiger partial charge in [-0.25, -0.2) is 0 Å². The Morgan fingerprint density at radius 2 is 0.571 bits per heavy atom. The van der Waals surface area contributed by atoms with Crippen LogP contribution in [-0.2, 0) is 21.1 Å². The molecule has 0 spiro atoms. The number of hydrogen-bond donors (Lipinski definition) is 0. The van der Waals surface area contributed by atoms with Crippen LogP contribution >= 0.6 is 0 Å². The van der Waals surface area contributed by atoms with Crippen LogP contribution in [-0.4, -0.2) is 0 Å². The fraction of sp³-hybridized carbons (Fsp3) is 0.500. The van der Waals surface area contributed by atoms with E-state index in [0.717, 1.165) is 0 Å². The van der Waals surface area contributed by atoms with Crippen LogP contribution < -0.4 is 0 Å². The first-order valence-electron chi connectivity index (χ1n) is 2.12. The second-order valence-corrected chi connectivity index (χ2v) is 0. The topological polar surface area (TPSA) is 0 Å². The molecule has 0 amide bonds. The first-order valence-corrected chi connectivity index (χ1v) is 2.12. The summed E-state index contributed by atoms with van der Waals surface area (Å²) in [4.78, 5) is 0. The van der Waals surface area contributed by atoms with Crippen molar-refractivity contribution in [3.63, 3.8) is 0 Å². The predicted octanol–water partition coefficient (Wildman–Crippen LogP) is 2.52. The molecule has 1 heteroatoms. The number of rotatable bonds is 0. The molecule has 0 aliphatic heterocycles. The van der Waals surface area contributed by atoms with E-state index in [2.05, 4.69) is 20.8 Å². The van der Waals surface area contributed by atoms with E-state index in [1.807, 2.05) is 0 Å². The monoisotopic (exact) mass is 282 g/mol. The van der Waals surface area contributed by atoms with Crippen LogP contribution in [0.3, 0.4) is 0 Å². The molecular weight excluding hydrogens is 267 g/mol. The van der Waals surface area contributed by atoms with Crippen molar-refractivity contribution in [2.75, 3.05) is 0 Å². The van der Waals surface area contributed by atoms with Crippen LogP contribution in [0, 0.1) is 20.8 Å². The van der Waals surface area contributed by atoms with E-state index >= 15 is 0 Å². The van der Waals surface area contributed by atoms with Crippen molar-refractivity contribution in [1.82, 2.24) is 0 Å². The molecule has 0 bridgehead atoms. The number of hydrogen-bond acceptors (Lipinski definition) is 0. The second kappa shape index (κ2) is 457. The molecule has 0 fully saturated rings. The van der Waals surface area contributed by atoms with Crippen LogP contribution in [0.15, 0.2) is 0 Å². The molecule has 0 radical (unpaired) electrons. The normalized spacial score (nSPS) is 2.57. The van der Waals surface area contributed by atoms with Gasteiger partial charge in [-0.3, -0.25) is 0 Å². The third-order valence-corrected chi connectivity index (χ3v) is 0. The van der Waals surface area contributed by atoms with Gasteiger partial charge in [-0.05, 0) is 0 Å². The standard InChI is InChI=1S/3C2H5.Pt/c3*1-2;/h3*1H2,2H3;/q3*-1;. The van der Waals surface area contributed by atoms with Crippen molar-refractivity contribution in [3.8, 4) is 0 Å². The summed E-state index contributed by atoms with van der Waals surface area (Å²) in [6, 6.07) is 0. The molecule has 0 aliphatic rings. The van der Waals surface area contributed by atoms with Crippen LogP contribution in [0.25, 0.3) is 0 Å². The third-order valence-electron chi connectivity index (χ3n) is 0. The van der Waals surface area contributed by atoms with E-state index in [1.54, 1.807) is 20.8 Å². The summed E-state index contributed by atoms with van der Waals surface area (Å²) in [5.41, 5.74) is 0. The van der Waals surface area contributed by atoms with Crippen LogP contribution in [0.2, 0.25) is 0 Å². The molecule has 0 rings (SSSR count). The minimum atomic E-state index is 0. The summed E-state index contributed by atoms with van der Waals surface area (Å²) in [5, 5.41) is 0. The van der Waals surface area contributed by atoms with Gasteiger partial charge in [0.25, 0.3) is 0 Å². The molecule has 0 heterocycles. The van der Waals surface area contributed by atoms with Crippen LogP contribution in [0.4, 0.5) is 0 Å². The van der Waals surface area contributed by atoms with Gasteiger partial charge in [0, 0.05) is 21.1 Å². The molecule has 0 nitrogen and oxygen atoms in total. The average molecular weight is 282 g/mol. The van der Waals surface area contributed by atoms with Crippen molar-refractivity contribution in [2.45, 2.75) is 20.8 Å². The molecular formula is C6H15Pt-3. The Kier molecular flexibility index (Phi) is 1650. The molecule has 0 aromatic rings. The summed E-state index contributed by atoms with van der Waals surface area (Å²) in [6.07, 6.45) is 0. The zero-order valence-electron chi connectivity index (χ0n) is 5.44. The van der Waals surface area contributed by atoms with Gasteiger partial charge in [-0.1, -0.05) is 0 Å². The van der Waals surface area contributed by atoms with E-state index in [9.17, 15) is 0 Å². The summed E-state index contributed by atoms with van der Waals surface area (Å²) in [5.74, 6) is 0. The van der Waals surface area contributed by atoms with Gasteiger partial charge in [-0.15, -0.1) is 0 Å². The summed E-state index contributed by atoms with van der Waals surface area (Å²) in [6.45, 7) is 15.0. The first-order chi connectivity index (χ1) is 3.00. The molecule has 52 valence electrons. The average Bonchev–Trinajstić information content (AvgIpc) is 1.81. The van der Waals surface area contributed by atoms with E-state index in [0.29, 0.717) is 0 Å². The van der Waals surface area contributed by atoms with Gasteiger partial charge in [-0.2, -0.15) is 20.8 Å². The van der Waals surface area contributed by atoms with Crippen molar-refractivity contribution in [2.24, 2.45) is 0 Å². The third kappa shape index (κ3) is 310. The maximum atomic E-state index is 3.25. The van der Waals surface area contributed by atoms with Gasteiger partial charge in [0.05, 0.1) is 0 Å². The molecule has 0 saturated heterocycles. The Labute approximate surface area is 63.0 Å². The van der Waals surface area contributed by atoms with E-state index < -0.39 is 0 Å². The Balaban J connectivity index is -0.00000000900. The van der Waals surface area contributed by atoms with Crippen molar-refractivity contribution in [1.29, 1.82) is 0 Å². The zero-order valence-corrected chi connectivity index (χ0v) is 7.71. The fourth-order valence-electron chi connectivity index (χ4n) is 0. The molecule has 0 saturated carbocycles. The predicted molar refractivity (Wildman–Crippen MR) is 33.1 cm³/mol. The van der Waals surface area contributed by atoms with Crippen molar-refractivity contribution in [3.05, 3.63) is 20.8 Å². The first kappa shape index (κ1) is 25.3. The van der Waals surface area contributed by atoms with E-state index in [-0.39, 0.29) is 21.1 Å². The Morgan fingerprint density at radius 3 is 0.571 bits per heavy atom. The molecule has 0 atom stereocenters. The van der Waals surface area contributed by atoms with Gasteiger partial charge in [0.15, 0.2) is 0 Å². The molecule has 0 aliphatic carbocycles. The SMILES string of the molecule is [CH2-]C.[CH2-]C.[CH2-]C.[Pt]. The summed E-state index contributed by atoms with van der Waals surface area (Å²) < 4.78 is 0. The van der Waals surface area contributed by atoms with Gasteiger partial charge < -0.3 is 20.8 Å². The minimum Gasteiger partial charge on any atom is -0.346 e. The van der Waals surface area contributed by atoms with Gasteiger partial charge >= 0.3 is 0 Å². The fourth-order valence-corrected chi connectivity index (χ4v) is 0. The zero-order chi connectivity index (χ0) is 6.00. The molecule has 0 unspecified atom stereocenters. The van der Waals surface area contributed by atoms with E-state index in [1.165, 1.54) is 0 Å². The van der Waals surface area contributed by atoms with Gasteiger partial charge in [0.2, 0.25) is 0 Å². The summed E-state index contributed by atoms with van der Waals surface area (Å²) >= 11 is 0. The Hall–Kier alpha value is 0.688. The summed E-state index contributed by atoms with van der Waals surface area (Å²) in [7, 11) is 0. The molecule has 0 aromatic heterocycles. The van der Waals surface area contributed by atoms with Crippen LogP contribution in [0.5, 0.6) is 0 Å². The maximum Gasteiger partial charge on any atom is 0 e. The van der Waals surface area contributed by atoms with Crippen molar-refractivity contribution < 1.29 is 21.1 Å². The second-order valence-electron chi connectivity index (χ2n) is 0. The smallest absolute Gasteiger partial charge is 0 e. The molecule has 0 N–H and O–H groups in total. The largest absolute Gasteiger partial charge is 0.346 e. The minimum absolute atomic E-state index is 0. The Morgan fingerprint density at radius 1 is 0.571 bits per heavy atom. The molecule has 0 aromatic carbocycles. The quantitative estimate of drug-likeness (QED) is 0.599. The Bertz CT molecular complexity index is 4.14.